The standard InChI is InChI=1S/C16H28N2O/c1-11(10-17)3-15(19)18(2)16-7-12-4-13(8-16)6-14(5-12)9-16/h11-14H,3-10,17H2,1-2H3. The fraction of sp³-hybridized carbons (Fsp3) is 0.938. The Bertz CT molecular complexity index is 330. The van der Waals surface area contributed by atoms with Gasteiger partial charge in [0.2, 0.25) is 5.91 Å². The summed E-state index contributed by atoms with van der Waals surface area (Å²) in [7, 11) is 2.05. The van der Waals surface area contributed by atoms with Crippen LogP contribution in [0.1, 0.15) is 51.9 Å². The molecule has 0 aromatic rings. The lowest BCUT2D eigenvalue weighted by atomic mass is 9.52. The molecule has 0 aromatic heterocycles. The van der Waals surface area contributed by atoms with Crippen LogP contribution in [0.15, 0.2) is 0 Å². The second kappa shape index (κ2) is 4.76. The molecule has 1 atom stereocenters. The predicted octanol–water partition coefficient (Wildman–Crippen LogP) is 2.40. The van der Waals surface area contributed by atoms with Crippen LogP contribution in [0.3, 0.4) is 0 Å². The summed E-state index contributed by atoms with van der Waals surface area (Å²) in [6.07, 6.45) is 8.70. The number of carbonyl (C=O) groups is 1. The van der Waals surface area contributed by atoms with Crippen molar-refractivity contribution in [3.63, 3.8) is 0 Å². The van der Waals surface area contributed by atoms with E-state index >= 15 is 0 Å². The minimum absolute atomic E-state index is 0.208. The van der Waals surface area contributed by atoms with Gasteiger partial charge in [-0.1, -0.05) is 6.92 Å². The van der Waals surface area contributed by atoms with E-state index in [4.69, 9.17) is 5.73 Å². The van der Waals surface area contributed by atoms with Crippen LogP contribution in [0, 0.1) is 23.7 Å². The summed E-state index contributed by atoms with van der Waals surface area (Å²) in [4.78, 5) is 14.6. The highest BCUT2D eigenvalue weighted by molar-refractivity contribution is 5.77. The number of hydrogen-bond donors (Lipinski definition) is 1. The van der Waals surface area contributed by atoms with Crippen molar-refractivity contribution in [3.8, 4) is 0 Å². The number of hydrogen-bond acceptors (Lipinski definition) is 2. The lowest BCUT2D eigenvalue weighted by Crippen LogP contribution is -2.60. The van der Waals surface area contributed by atoms with Crippen molar-refractivity contribution in [2.24, 2.45) is 29.4 Å². The van der Waals surface area contributed by atoms with Gasteiger partial charge in [-0.05, 0) is 68.7 Å². The third kappa shape index (κ3) is 2.31. The van der Waals surface area contributed by atoms with Crippen molar-refractivity contribution in [2.45, 2.75) is 57.4 Å². The molecule has 3 nitrogen and oxygen atoms in total. The van der Waals surface area contributed by atoms with E-state index in [0.717, 1.165) is 17.8 Å². The molecule has 1 unspecified atom stereocenters. The van der Waals surface area contributed by atoms with Crippen molar-refractivity contribution in [1.82, 2.24) is 4.90 Å². The van der Waals surface area contributed by atoms with Crippen molar-refractivity contribution < 1.29 is 4.79 Å². The number of nitrogens with two attached hydrogens (primary N) is 1. The molecule has 3 heteroatoms. The Morgan fingerprint density at radius 2 is 1.68 bits per heavy atom. The van der Waals surface area contributed by atoms with Gasteiger partial charge < -0.3 is 10.6 Å². The molecule has 2 N–H and O–H groups in total. The third-order valence-electron chi connectivity index (χ3n) is 6.02. The monoisotopic (exact) mass is 264 g/mol. The first kappa shape index (κ1) is 13.4. The smallest absolute Gasteiger partial charge is 0.223 e. The van der Waals surface area contributed by atoms with E-state index in [-0.39, 0.29) is 5.54 Å². The first-order chi connectivity index (χ1) is 9.02. The summed E-state index contributed by atoms with van der Waals surface area (Å²) in [6, 6.07) is 0. The topological polar surface area (TPSA) is 46.3 Å². The highest BCUT2D eigenvalue weighted by atomic mass is 16.2. The maximum Gasteiger partial charge on any atom is 0.223 e. The molecule has 19 heavy (non-hydrogen) atoms. The number of carbonyl (C=O) groups excluding carboxylic acids is 1. The van der Waals surface area contributed by atoms with Crippen LogP contribution in [-0.4, -0.2) is 29.9 Å². The van der Waals surface area contributed by atoms with Gasteiger partial charge in [-0.3, -0.25) is 4.79 Å². The molecule has 4 fully saturated rings. The summed E-state index contributed by atoms with van der Waals surface area (Å²) in [6.45, 7) is 2.69. The molecular formula is C16H28N2O. The molecule has 0 aliphatic heterocycles. The average molecular weight is 264 g/mol. The summed E-state index contributed by atoms with van der Waals surface area (Å²) in [5.74, 6) is 3.32. The summed E-state index contributed by atoms with van der Waals surface area (Å²) in [5, 5.41) is 0. The number of rotatable bonds is 4. The SMILES string of the molecule is CC(CN)CC(=O)N(C)C12CC3CC(CC(C3)C1)C2. The largest absolute Gasteiger partial charge is 0.340 e. The van der Waals surface area contributed by atoms with Gasteiger partial charge in [0.15, 0.2) is 0 Å². The molecule has 4 saturated carbocycles. The zero-order valence-electron chi connectivity index (χ0n) is 12.4. The Kier molecular flexibility index (Phi) is 3.36. The van der Waals surface area contributed by atoms with E-state index in [0.29, 0.717) is 24.8 Å². The van der Waals surface area contributed by atoms with E-state index in [1.165, 1.54) is 38.5 Å². The van der Waals surface area contributed by atoms with Crippen molar-refractivity contribution >= 4 is 5.91 Å². The highest BCUT2D eigenvalue weighted by Gasteiger charge is 2.53. The normalized spacial score (nSPS) is 41.3. The second-order valence-corrected chi connectivity index (χ2v) is 7.64. The molecule has 0 radical (unpaired) electrons. The quantitative estimate of drug-likeness (QED) is 0.847. The fourth-order valence-electron chi connectivity index (χ4n) is 5.26. The Morgan fingerprint density at radius 1 is 1.21 bits per heavy atom. The van der Waals surface area contributed by atoms with E-state index in [9.17, 15) is 4.79 Å². The van der Waals surface area contributed by atoms with Crippen molar-refractivity contribution in [3.05, 3.63) is 0 Å². The van der Waals surface area contributed by atoms with E-state index in [2.05, 4.69) is 18.9 Å². The lowest BCUT2D eigenvalue weighted by Gasteiger charge is -2.59. The summed E-state index contributed by atoms with van der Waals surface area (Å²) < 4.78 is 0. The average Bonchev–Trinajstić information content (AvgIpc) is 2.36. The zero-order valence-corrected chi connectivity index (χ0v) is 12.4. The van der Waals surface area contributed by atoms with Crippen LogP contribution >= 0.6 is 0 Å². The van der Waals surface area contributed by atoms with Gasteiger partial charge in [0, 0.05) is 19.0 Å². The summed E-state index contributed by atoms with van der Waals surface area (Å²) in [5.41, 5.74) is 5.86. The van der Waals surface area contributed by atoms with Crippen LogP contribution in [0.5, 0.6) is 0 Å². The van der Waals surface area contributed by atoms with Crippen LogP contribution in [-0.2, 0) is 4.79 Å². The van der Waals surface area contributed by atoms with E-state index in [1.807, 2.05) is 0 Å². The molecule has 0 saturated heterocycles. The third-order valence-corrected chi connectivity index (χ3v) is 6.02. The molecule has 0 spiro atoms. The minimum Gasteiger partial charge on any atom is -0.340 e. The van der Waals surface area contributed by atoms with Gasteiger partial charge in [-0.2, -0.15) is 0 Å². The highest BCUT2D eigenvalue weighted by Crippen LogP contribution is 2.57. The predicted molar refractivity (Wildman–Crippen MR) is 76.5 cm³/mol. The maximum absolute atomic E-state index is 12.5. The van der Waals surface area contributed by atoms with Crippen LogP contribution in [0.25, 0.3) is 0 Å². The molecule has 4 aliphatic carbocycles. The molecule has 4 bridgehead atoms. The molecule has 4 aliphatic rings. The molecule has 0 heterocycles. The zero-order chi connectivity index (χ0) is 13.6. The lowest BCUT2D eigenvalue weighted by molar-refractivity contribution is -0.148. The van der Waals surface area contributed by atoms with Crippen LogP contribution in [0.2, 0.25) is 0 Å². The van der Waals surface area contributed by atoms with Gasteiger partial charge in [0.1, 0.15) is 0 Å². The van der Waals surface area contributed by atoms with Crippen LogP contribution < -0.4 is 5.73 Å². The summed E-state index contributed by atoms with van der Waals surface area (Å²) >= 11 is 0. The first-order valence-electron chi connectivity index (χ1n) is 7.99. The molecular weight excluding hydrogens is 236 g/mol. The Labute approximate surface area is 116 Å². The van der Waals surface area contributed by atoms with E-state index < -0.39 is 0 Å². The Balaban J connectivity index is 1.72. The first-order valence-corrected chi connectivity index (χ1v) is 7.99. The van der Waals surface area contributed by atoms with E-state index in [1.54, 1.807) is 0 Å². The Morgan fingerprint density at radius 3 is 2.11 bits per heavy atom. The second-order valence-electron chi connectivity index (χ2n) is 7.64. The number of amides is 1. The fourth-order valence-corrected chi connectivity index (χ4v) is 5.26. The van der Waals surface area contributed by atoms with Crippen molar-refractivity contribution in [1.29, 1.82) is 0 Å². The molecule has 1 amide bonds. The van der Waals surface area contributed by atoms with Gasteiger partial charge in [0.25, 0.3) is 0 Å². The Hall–Kier alpha value is -0.570. The van der Waals surface area contributed by atoms with Gasteiger partial charge in [-0.25, -0.2) is 0 Å². The van der Waals surface area contributed by atoms with Crippen molar-refractivity contribution in [2.75, 3.05) is 13.6 Å². The van der Waals surface area contributed by atoms with Gasteiger partial charge >= 0.3 is 0 Å². The van der Waals surface area contributed by atoms with Crippen LogP contribution in [0.4, 0.5) is 0 Å². The molecule has 0 aromatic carbocycles. The molecule has 4 rings (SSSR count). The van der Waals surface area contributed by atoms with Gasteiger partial charge in [0.05, 0.1) is 0 Å². The minimum atomic E-state index is 0.208. The maximum atomic E-state index is 12.5. The molecule has 108 valence electrons. The van der Waals surface area contributed by atoms with Gasteiger partial charge in [-0.15, -0.1) is 0 Å². The number of nitrogens with zero attached hydrogens (tertiary/aromatic N) is 1.